The molecule has 1 aromatic heterocycles. The topological polar surface area (TPSA) is 64.1 Å². The summed E-state index contributed by atoms with van der Waals surface area (Å²) in [6, 6.07) is 7.87. The number of fused-ring (bicyclic) bond motifs is 1. The van der Waals surface area contributed by atoms with Crippen LogP contribution in [0, 0.1) is 0 Å². The van der Waals surface area contributed by atoms with Crippen LogP contribution in [0.15, 0.2) is 29.4 Å². The molecular weight excluding hydrogens is 286 g/mol. The first-order valence-electron chi connectivity index (χ1n) is 7.05. The minimum atomic E-state index is -0.212. The third kappa shape index (κ3) is 2.95. The number of hydrogen-bond donors (Lipinski definition) is 1. The number of carbonyl (C=O) groups excluding carboxylic acids is 1. The lowest BCUT2D eigenvalue weighted by Gasteiger charge is -2.10. The summed E-state index contributed by atoms with van der Waals surface area (Å²) in [5.74, 6) is 0.638. The van der Waals surface area contributed by atoms with Crippen molar-refractivity contribution in [1.29, 1.82) is 0 Å². The van der Waals surface area contributed by atoms with Gasteiger partial charge in [-0.1, -0.05) is 23.9 Å². The Bertz CT molecular complexity index is 677. The molecule has 2 aromatic rings. The maximum absolute atomic E-state index is 11.7. The van der Waals surface area contributed by atoms with Gasteiger partial charge in [-0.05, 0) is 26.0 Å². The Labute approximate surface area is 127 Å². The lowest BCUT2D eigenvalue weighted by Crippen LogP contribution is -2.11. The second kappa shape index (κ2) is 5.89. The van der Waals surface area contributed by atoms with E-state index in [2.05, 4.69) is 15.3 Å². The number of anilines is 1. The van der Waals surface area contributed by atoms with Gasteiger partial charge in [0.1, 0.15) is 17.2 Å². The number of benzene rings is 1. The molecule has 1 aromatic carbocycles. The van der Waals surface area contributed by atoms with Crippen molar-refractivity contribution < 1.29 is 9.53 Å². The van der Waals surface area contributed by atoms with E-state index in [1.165, 1.54) is 11.8 Å². The zero-order valence-electron chi connectivity index (χ0n) is 12.0. The molecule has 1 fully saturated rings. The number of para-hydroxylation sites is 1. The molecule has 0 radical (unpaired) electrons. The highest BCUT2D eigenvalue weighted by Crippen LogP contribution is 2.32. The number of ether oxygens (including phenoxy) is 1. The standard InChI is InChI=1S/C15H17N3O2S/c1-3-16-13-10-6-4-5-7-11(10)17-15(18-13)21-12-8-9(2)20-14(12)19/h4-7,9,12H,3,8H2,1-2H3,(H,16,17,18)/t9-,12-/m0/s1. The minimum Gasteiger partial charge on any atom is -0.462 e. The molecule has 2 heterocycles. The van der Waals surface area contributed by atoms with Crippen LogP contribution in [0.2, 0.25) is 0 Å². The molecule has 0 spiro atoms. The van der Waals surface area contributed by atoms with Gasteiger partial charge in [0, 0.05) is 18.4 Å². The Morgan fingerprint density at radius 2 is 2.19 bits per heavy atom. The molecule has 0 amide bonds. The molecule has 1 aliphatic rings. The molecule has 0 aliphatic carbocycles. The zero-order chi connectivity index (χ0) is 14.8. The van der Waals surface area contributed by atoms with Crippen molar-refractivity contribution in [2.24, 2.45) is 0 Å². The normalized spacial score (nSPS) is 21.5. The van der Waals surface area contributed by atoms with E-state index in [9.17, 15) is 4.79 Å². The number of carbonyl (C=O) groups is 1. The molecule has 0 bridgehead atoms. The van der Waals surface area contributed by atoms with Gasteiger partial charge in [-0.2, -0.15) is 0 Å². The van der Waals surface area contributed by atoms with Gasteiger partial charge in [0.2, 0.25) is 0 Å². The van der Waals surface area contributed by atoms with E-state index >= 15 is 0 Å². The van der Waals surface area contributed by atoms with Gasteiger partial charge in [-0.15, -0.1) is 0 Å². The van der Waals surface area contributed by atoms with Crippen molar-refractivity contribution in [3.8, 4) is 0 Å². The van der Waals surface area contributed by atoms with Crippen molar-refractivity contribution in [3.63, 3.8) is 0 Å². The molecule has 5 nitrogen and oxygen atoms in total. The van der Waals surface area contributed by atoms with E-state index < -0.39 is 0 Å². The van der Waals surface area contributed by atoms with Gasteiger partial charge in [0.25, 0.3) is 0 Å². The van der Waals surface area contributed by atoms with Crippen LogP contribution in [0.3, 0.4) is 0 Å². The summed E-state index contributed by atoms with van der Waals surface area (Å²) in [5, 5.41) is 4.65. The van der Waals surface area contributed by atoms with Crippen LogP contribution in [-0.4, -0.2) is 33.8 Å². The number of rotatable bonds is 4. The molecule has 110 valence electrons. The lowest BCUT2D eigenvalue weighted by atomic mass is 10.2. The zero-order valence-corrected chi connectivity index (χ0v) is 12.8. The van der Waals surface area contributed by atoms with Crippen LogP contribution in [0.1, 0.15) is 20.3 Å². The Morgan fingerprint density at radius 1 is 1.38 bits per heavy atom. The average Bonchev–Trinajstić information content (AvgIpc) is 2.77. The van der Waals surface area contributed by atoms with Gasteiger partial charge in [-0.25, -0.2) is 9.97 Å². The van der Waals surface area contributed by atoms with Crippen molar-refractivity contribution in [2.45, 2.75) is 36.8 Å². The van der Waals surface area contributed by atoms with Crippen LogP contribution in [0.5, 0.6) is 0 Å². The van der Waals surface area contributed by atoms with Crippen LogP contribution >= 0.6 is 11.8 Å². The van der Waals surface area contributed by atoms with Gasteiger partial charge >= 0.3 is 5.97 Å². The number of esters is 1. The maximum Gasteiger partial charge on any atom is 0.319 e. The van der Waals surface area contributed by atoms with Crippen LogP contribution < -0.4 is 5.32 Å². The molecule has 1 saturated heterocycles. The van der Waals surface area contributed by atoms with Gasteiger partial charge in [0.05, 0.1) is 5.52 Å². The van der Waals surface area contributed by atoms with Crippen molar-refractivity contribution in [2.75, 3.05) is 11.9 Å². The predicted molar refractivity (Wildman–Crippen MR) is 83.5 cm³/mol. The number of nitrogens with zero attached hydrogens (tertiary/aromatic N) is 2. The predicted octanol–water partition coefficient (Wildman–Crippen LogP) is 2.86. The number of hydrogen-bond acceptors (Lipinski definition) is 6. The summed E-state index contributed by atoms with van der Waals surface area (Å²) < 4.78 is 5.18. The van der Waals surface area contributed by atoms with Crippen molar-refractivity contribution in [1.82, 2.24) is 9.97 Å². The van der Waals surface area contributed by atoms with Crippen LogP contribution in [0.4, 0.5) is 5.82 Å². The summed E-state index contributed by atoms with van der Waals surface area (Å²) in [5.41, 5.74) is 0.880. The third-order valence-electron chi connectivity index (χ3n) is 3.30. The fraction of sp³-hybridized carbons (Fsp3) is 0.400. The fourth-order valence-electron chi connectivity index (χ4n) is 2.35. The van der Waals surface area contributed by atoms with E-state index in [-0.39, 0.29) is 17.3 Å². The minimum absolute atomic E-state index is 0.0244. The Balaban J connectivity index is 1.93. The van der Waals surface area contributed by atoms with E-state index in [0.29, 0.717) is 11.6 Å². The third-order valence-corrected chi connectivity index (χ3v) is 4.36. The molecule has 21 heavy (non-hydrogen) atoms. The van der Waals surface area contributed by atoms with Gasteiger partial charge in [0.15, 0.2) is 5.16 Å². The molecule has 1 aliphatic heterocycles. The first-order chi connectivity index (χ1) is 10.2. The highest BCUT2D eigenvalue weighted by molar-refractivity contribution is 8.00. The maximum atomic E-state index is 11.7. The Hall–Kier alpha value is -1.82. The average molecular weight is 303 g/mol. The number of aromatic nitrogens is 2. The Morgan fingerprint density at radius 3 is 2.90 bits per heavy atom. The molecule has 0 unspecified atom stereocenters. The molecule has 0 saturated carbocycles. The van der Waals surface area contributed by atoms with E-state index in [1.54, 1.807) is 0 Å². The second-order valence-corrected chi connectivity index (χ2v) is 6.16. The monoisotopic (exact) mass is 303 g/mol. The highest BCUT2D eigenvalue weighted by atomic mass is 32.2. The summed E-state index contributed by atoms with van der Waals surface area (Å²) >= 11 is 1.38. The molecule has 1 N–H and O–H groups in total. The summed E-state index contributed by atoms with van der Waals surface area (Å²) in [4.78, 5) is 20.8. The number of cyclic esters (lactones) is 1. The quantitative estimate of drug-likeness (QED) is 0.692. The fourth-order valence-corrected chi connectivity index (χ4v) is 3.42. The smallest absolute Gasteiger partial charge is 0.319 e. The molecule has 2 atom stereocenters. The van der Waals surface area contributed by atoms with E-state index in [0.717, 1.165) is 23.3 Å². The van der Waals surface area contributed by atoms with Crippen LogP contribution in [0.25, 0.3) is 10.9 Å². The van der Waals surface area contributed by atoms with Crippen molar-refractivity contribution in [3.05, 3.63) is 24.3 Å². The van der Waals surface area contributed by atoms with Crippen molar-refractivity contribution >= 4 is 34.5 Å². The van der Waals surface area contributed by atoms with Gasteiger partial charge in [-0.3, -0.25) is 4.79 Å². The van der Waals surface area contributed by atoms with Gasteiger partial charge < -0.3 is 10.1 Å². The first-order valence-corrected chi connectivity index (χ1v) is 7.93. The summed E-state index contributed by atoms with van der Waals surface area (Å²) in [7, 11) is 0. The SMILES string of the molecule is CCNc1nc(S[C@H]2C[C@H](C)OC2=O)nc2ccccc12. The van der Waals surface area contributed by atoms with E-state index in [1.807, 2.05) is 38.1 Å². The van der Waals surface area contributed by atoms with E-state index in [4.69, 9.17) is 4.74 Å². The summed E-state index contributed by atoms with van der Waals surface area (Å²) in [6.07, 6.45) is 0.680. The first kappa shape index (κ1) is 14.1. The lowest BCUT2D eigenvalue weighted by molar-refractivity contribution is -0.140. The molecule has 3 rings (SSSR count). The number of thioether (sulfide) groups is 1. The second-order valence-electron chi connectivity index (χ2n) is 4.99. The largest absolute Gasteiger partial charge is 0.462 e. The summed E-state index contributed by atoms with van der Waals surface area (Å²) in [6.45, 7) is 4.72. The number of nitrogens with one attached hydrogen (secondary N) is 1. The Kier molecular flexibility index (Phi) is 3.96. The molecular formula is C15H17N3O2S. The van der Waals surface area contributed by atoms with Crippen LogP contribution in [-0.2, 0) is 9.53 Å². The highest BCUT2D eigenvalue weighted by Gasteiger charge is 2.33. The molecule has 6 heteroatoms.